The van der Waals surface area contributed by atoms with Crippen molar-refractivity contribution in [3.8, 4) is 0 Å². The molecule has 0 heterocycles. The van der Waals surface area contributed by atoms with Gasteiger partial charge in [-0.1, -0.05) is 50.6 Å². The van der Waals surface area contributed by atoms with Crippen LogP contribution in [0.25, 0.3) is 0 Å². The van der Waals surface area contributed by atoms with E-state index in [9.17, 15) is 0 Å². The zero-order valence-corrected chi connectivity index (χ0v) is 13.0. The van der Waals surface area contributed by atoms with E-state index < -0.39 is 0 Å². The molecule has 3 atom stereocenters. The van der Waals surface area contributed by atoms with Crippen LogP contribution in [0.4, 0.5) is 0 Å². The summed E-state index contributed by atoms with van der Waals surface area (Å²) >= 11 is 0. The van der Waals surface area contributed by atoms with E-state index in [1.807, 2.05) is 0 Å². The van der Waals surface area contributed by atoms with E-state index in [1.54, 1.807) is 0 Å². The minimum atomic E-state index is 0.147. The highest BCUT2D eigenvalue weighted by Crippen LogP contribution is 2.27. The van der Waals surface area contributed by atoms with Gasteiger partial charge in [0.15, 0.2) is 0 Å². The predicted molar refractivity (Wildman–Crippen MR) is 84.2 cm³/mol. The first-order chi connectivity index (χ1) is 9.11. The van der Waals surface area contributed by atoms with E-state index in [-0.39, 0.29) is 6.04 Å². The number of rotatable bonds is 8. The molecule has 0 aromatic heterocycles. The molecule has 0 aliphatic rings. The summed E-state index contributed by atoms with van der Waals surface area (Å²) in [5.74, 6) is 0. The average molecular weight is 262 g/mol. The lowest BCUT2D eigenvalue weighted by Crippen LogP contribution is -2.44. The van der Waals surface area contributed by atoms with Crippen LogP contribution in [0.15, 0.2) is 30.3 Å². The van der Waals surface area contributed by atoms with Gasteiger partial charge in [0, 0.05) is 18.1 Å². The average Bonchev–Trinajstić information content (AvgIpc) is 2.43. The van der Waals surface area contributed by atoms with Crippen molar-refractivity contribution >= 4 is 0 Å². The molecule has 2 heteroatoms. The monoisotopic (exact) mass is 262 g/mol. The maximum Gasteiger partial charge on any atom is 0.0499 e. The highest BCUT2D eigenvalue weighted by molar-refractivity contribution is 5.20. The lowest BCUT2D eigenvalue weighted by atomic mass is 9.96. The fourth-order valence-electron chi connectivity index (χ4n) is 2.66. The molecule has 0 saturated heterocycles. The Balaban J connectivity index is 2.98. The van der Waals surface area contributed by atoms with Crippen LogP contribution in [0.5, 0.6) is 0 Å². The molecule has 0 saturated carbocycles. The summed E-state index contributed by atoms with van der Waals surface area (Å²) < 4.78 is 0. The molecule has 0 amide bonds. The zero-order valence-electron chi connectivity index (χ0n) is 13.0. The molecule has 0 aliphatic carbocycles. The Bertz CT molecular complexity index is 334. The van der Waals surface area contributed by atoms with Gasteiger partial charge in [-0.3, -0.25) is 4.90 Å². The second kappa shape index (κ2) is 8.34. The van der Waals surface area contributed by atoms with E-state index in [0.717, 1.165) is 6.54 Å². The highest BCUT2D eigenvalue weighted by Gasteiger charge is 2.26. The van der Waals surface area contributed by atoms with Crippen molar-refractivity contribution in [3.05, 3.63) is 35.9 Å². The fraction of sp³-hybridized carbons (Fsp3) is 0.647. The first-order valence-electron chi connectivity index (χ1n) is 7.68. The smallest absolute Gasteiger partial charge is 0.0499 e. The van der Waals surface area contributed by atoms with Gasteiger partial charge in [-0.2, -0.15) is 0 Å². The van der Waals surface area contributed by atoms with Crippen LogP contribution < -0.4 is 5.73 Å². The molecule has 108 valence electrons. The molecule has 1 rings (SSSR count). The van der Waals surface area contributed by atoms with Crippen molar-refractivity contribution in [2.24, 2.45) is 5.73 Å². The molecule has 0 aliphatic heterocycles. The van der Waals surface area contributed by atoms with Crippen LogP contribution in [0.1, 0.15) is 58.6 Å². The summed E-state index contributed by atoms with van der Waals surface area (Å²) in [5, 5.41) is 0. The van der Waals surface area contributed by atoms with Crippen LogP contribution in [0.3, 0.4) is 0 Å². The summed E-state index contributed by atoms with van der Waals surface area (Å²) in [6, 6.07) is 11.7. The number of benzene rings is 1. The largest absolute Gasteiger partial charge is 0.326 e. The summed E-state index contributed by atoms with van der Waals surface area (Å²) in [4.78, 5) is 2.59. The van der Waals surface area contributed by atoms with Crippen LogP contribution in [-0.4, -0.2) is 23.5 Å². The zero-order chi connectivity index (χ0) is 14.3. The van der Waals surface area contributed by atoms with Crippen LogP contribution >= 0.6 is 0 Å². The van der Waals surface area contributed by atoms with Crippen molar-refractivity contribution in [3.63, 3.8) is 0 Å². The number of unbranched alkanes of at least 4 members (excludes halogenated alkanes) is 1. The molecule has 0 bridgehead atoms. The van der Waals surface area contributed by atoms with Crippen LogP contribution in [-0.2, 0) is 0 Å². The third-order valence-electron chi connectivity index (χ3n) is 3.92. The molecule has 1 aromatic rings. The SMILES string of the molecule is CCCCN(C(C)CC)C(c1ccccc1)C(C)N. The van der Waals surface area contributed by atoms with Gasteiger partial charge in [0.05, 0.1) is 0 Å². The van der Waals surface area contributed by atoms with Crippen LogP contribution in [0, 0.1) is 0 Å². The lowest BCUT2D eigenvalue weighted by molar-refractivity contribution is 0.121. The second-order valence-electron chi connectivity index (χ2n) is 5.56. The summed E-state index contributed by atoms with van der Waals surface area (Å²) in [5.41, 5.74) is 7.63. The Morgan fingerprint density at radius 3 is 2.21 bits per heavy atom. The molecule has 2 N–H and O–H groups in total. The number of hydrogen-bond donors (Lipinski definition) is 1. The van der Waals surface area contributed by atoms with Crippen molar-refractivity contribution < 1.29 is 0 Å². The molecular weight excluding hydrogens is 232 g/mol. The number of nitrogens with two attached hydrogens (primary N) is 1. The van der Waals surface area contributed by atoms with E-state index in [2.05, 4.69) is 62.9 Å². The van der Waals surface area contributed by atoms with E-state index in [4.69, 9.17) is 5.73 Å². The molecule has 0 radical (unpaired) electrons. The quantitative estimate of drug-likeness (QED) is 0.768. The highest BCUT2D eigenvalue weighted by atomic mass is 15.2. The maximum absolute atomic E-state index is 6.29. The molecule has 19 heavy (non-hydrogen) atoms. The minimum absolute atomic E-state index is 0.147. The standard InChI is InChI=1S/C17H30N2/c1-5-7-13-19(14(3)6-2)17(15(4)18)16-11-9-8-10-12-16/h8-12,14-15,17H,5-7,13,18H2,1-4H3. The summed E-state index contributed by atoms with van der Waals surface area (Å²) in [6.45, 7) is 10.1. The molecular formula is C17H30N2. The Morgan fingerprint density at radius 1 is 1.11 bits per heavy atom. The normalized spacial score (nSPS) is 16.3. The van der Waals surface area contributed by atoms with Crippen molar-refractivity contribution in [1.29, 1.82) is 0 Å². The topological polar surface area (TPSA) is 29.3 Å². The van der Waals surface area contributed by atoms with E-state index in [1.165, 1.54) is 24.8 Å². The molecule has 0 fully saturated rings. The van der Waals surface area contributed by atoms with Gasteiger partial charge >= 0.3 is 0 Å². The van der Waals surface area contributed by atoms with Gasteiger partial charge in [-0.25, -0.2) is 0 Å². The molecule has 3 unspecified atom stereocenters. The Kier molecular flexibility index (Phi) is 7.11. The third-order valence-corrected chi connectivity index (χ3v) is 3.92. The van der Waals surface area contributed by atoms with Gasteiger partial charge in [0.2, 0.25) is 0 Å². The summed E-state index contributed by atoms with van der Waals surface area (Å²) in [7, 11) is 0. The lowest BCUT2D eigenvalue weighted by Gasteiger charge is -2.38. The molecule has 2 nitrogen and oxygen atoms in total. The molecule has 1 aromatic carbocycles. The van der Waals surface area contributed by atoms with Gasteiger partial charge in [0.1, 0.15) is 0 Å². The van der Waals surface area contributed by atoms with Crippen molar-refractivity contribution in [2.75, 3.05) is 6.54 Å². The van der Waals surface area contributed by atoms with Gasteiger partial charge in [0.25, 0.3) is 0 Å². The Morgan fingerprint density at radius 2 is 1.74 bits per heavy atom. The van der Waals surface area contributed by atoms with E-state index in [0.29, 0.717) is 12.1 Å². The van der Waals surface area contributed by atoms with Gasteiger partial charge in [-0.15, -0.1) is 0 Å². The van der Waals surface area contributed by atoms with Crippen LogP contribution in [0.2, 0.25) is 0 Å². The fourth-order valence-corrected chi connectivity index (χ4v) is 2.66. The Hall–Kier alpha value is -0.860. The summed E-state index contributed by atoms with van der Waals surface area (Å²) in [6.07, 6.45) is 3.63. The van der Waals surface area contributed by atoms with Gasteiger partial charge in [-0.05, 0) is 38.8 Å². The first kappa shape index (κ1) is 16.2. The molecule has 0 spiro atoms. The minimum Gasteiger partial charge on any atom is -0.326 e. The van der Waals surface area contributed by atoms with Gasteiger partial charge < -0.3 is 5.73 Å². The van der Waals surface area contributed by atoms with E-state index >= 15 is 0 Å². The van der Waals surface area contributed by atoms with Crippen molar-refractivity contribution in [2.45, 2.75) is 65.1 Å². The third kappa shape index (κ3) is 4.63. The Labute approximate surface area is 119 Å². The second-order valence-corrected chi connectivity index (χ2v) is 5.56. The number of hydrogen-bond acceptors (Lipinski definition) is 2. The first-order valence-corrected chi connectivity index (χ1v) is 7.68. The van der Waals surface area contributed by atoms with Crippen molar-refractivity contribution in [1.82, 2.24) is 4.90 Å². The maximum atomic E-state index is 6.29. The number of nitrogens with zero attached hydrogens (tertiary/aromatic N) is 1. The predicted octanol–water partition coefficient (Wildman–Crippen LogP) is 3.98.